The summed E-state index contributed by atoms with van der Waals surface area (Å²) in [6.07, 6.45) is 3.79. The third-order valence-electron chi connectivity index (χ3n) is 4.55. The van der Waals surface area contributed by atoms with Crippen LogP contribution in [0.1, 0.15) is 46.5 Å². The molecule has 1 aliphatic carbocycles. The molecule has 3 atom stereocenters. The van der Waals surface area contributed by atoms with Gasteiger partial charge < -0.3 is 9.47 Å². The van der Waals surface area contributed by atoms with Gasteiger partial charge >= 0.3 is 5.97 Å². The van der Waals surface area contributed by atoms with Crippen LogP contribution in [0.3, 0.4) is 0 Å². The van der Waals surface area contributed by atoms with Gasteiger partial charge in [-0.05, 0) is 53.5 Å². The molecule has 1 saturated carbocycles. The fraction of sp³-hybridized carbons (Fsp3) is 0.938. The molecule has 1 aliphatic rings. The van der Waals surface area contributed by atoms with Gasteiger partial charge in [0, 0.05) is 25.2 Å². The van der Waals surface area contributed by atoms with Gasteiger partial charge in [-0.2, -0.15) is 0 Å². The first-order chi connectivity index (χ1) is 9.86. The predicted molar refractivity (Wildman–Crippen MR) is 84.4 cm³/mol. The monoisotopic (exact) mass is 300 g/mol. The van der Waals surface area contributed by atoms with Crippen LogP contribution in [0.15, 0.2) is 0 Å². The van der Waals surface area contributed by atoms with Crippen LogP contribution in [-0.4, -0.2) is 62.4 Å². The molecule has 0 aromatic carbocycles. The highest BCUT2D eigenvalue weighted by Gasteiger charge is 2.45. The SMILES string of the molecule is COCC(C)N(C)C1CCCC(NC(C)C)(C(=O)OC)C1. The fourth-order valence-corrected chi connectivity index (χ4v) is 3.44. The number of esters is 1. The molecule has 1 rings (SSSR count). The molecular weight excluding hydrogens is 268 g/mol. The van der Waals surface area contributed by atoms with Gasteiger partial charge in [-0.15, -0.1) is 0 Å². The number of ether oxygens (including phenoxy) is 2. The van der Waals surface area contributed by atoms with Crippen LogP contribution >= 0.6 is 0 Å². The summed E-state index contributed by atoms with van der Waals surface area (Å²) in [6.45, 7) is 7.01. The topological polar surface area (TPSA) is 50.8 Å². The Morgan fingerprint density at radius 2 is 2.05 bits per heavy atom. The first kappa shape index (κ1) is 18.4. The van der Waals surface area contributed by atoms with Crippen molar-refractivity contribution in [3.63, 3.8) is 0 Å². The molecule has 0 heterocycles. The van der Waals surface area contributed by atoms with E-state index >= 15 is 0 Å². The van der Waals surface area contributed by atoms with Crippen LogP contribution in [0, 0.1) is 0 Å². The second kappa shape index (κ2) is 8.11. The highest BCUT2D eigenvalue weighted by atomic mass is 16.5. The summed E-state index contributed by atoms with van der Waals surface area (Å²) in [4.78, 5) is 14.7. The van der Waals surface area contributed by atoms with Gasteiger partial charge in [-0.1, -0.05) is 0 Å². The number of carbonyl (C=O) groups is 1. The van der Waals surface area contributed by atoms with Crippen molar-refractivity contribution in [1.29, 1.82) is 0 Å². The van der Waals surface area contributed by atoms with Crippen molar-refractivity contribution in [2.75, 3.05) is 27.9 Å². The minimum atomic E-state index is -0.549. The number of hydrogen-bond acceptors (Lipinski definition) is 5. The van der Waals surface area contributed by atoms with Gasteiger partial charge in [0.15, 0.2) is 0 Å². The molecule has 0 amide bonds. The highest BCUT2D eigenvalue weighted by Crippen LogP contribution is 2.33. The number of methoxy groups -OCH3 is 2. The lowest BCUT2D eigenvalue weighted by atomic mass is 9.77. The molecular formula is C16H32N2O3. The summed E-state index contributed by atoms with van der Waals surface area (Å²) in [7, 11) is 5.33. The van der Waals surface area contributed by atoms with E-state index in [0.717, 1.165) is 25.7 Å². The Hall–Kier alpha value is -0.650. The summed E-state index contributed by atoms with van der Waals surface area (Å²) in [5, 5.41) is 3.47. The van der Waals surface area contributed by atoms with Crippen LogP contribution in [0.4, 0.5) is 0 Å². The van der Waals surface area contributed by atoms with E-state index in [1.54, 1.807) is 7.11 Å². The molecule has 21 heavy (non-hydrogen) atoms. The lowest BCUT2D eigenvalue weighted by Gasteiger charge is -2.44. The molecule has 1 fully saturated rings. The van der Waals surface area contributed by atoms with E-state index in [0.29, 0.717) is 18.7 Å². The molecule has 0 saturated heterocycles. The zero-order chi connectivity index (χ0) is 16.0. The maximum atomic E-state index is 12.4. The zero-order valence-corrected chi connectivity index (χ0v) is 14.4. The molecule has 3 unspecified atom stereocenters. The maximum Gasteiger partial charge on any atom is 0.326 e. The van der Waals surface area contributed by atoms with E-state index in [1.165, 1.54) is 7.11 Å². The summed E-state index contributed by atoms with van der Waals surface area (Å²) in [5.74, 6) is -0.131. The Kier molecular flexibility index (Phi) is 7.10. The third-order valence-corrected chi connectivity index (χ3v) is 4.55. The molecule has 1 N–H and O–H groups in total. The van der Waals surface area contributed by atoms with Crippen LogP contribution in [-0.2, 0) is 14.3 Å². The first-order valence-electron chi connectivity index (χ1n) is 7.93. The molecule has 0 radical (unpaired) electrons. The van der Waals surface area contributed by atoms with Crippen LogP contribution in [0.5, 0.6) is 0 Å². The summed E-state index contributed by atoms with van der Waals surface area (Å²) >= 11 is 0. The summed E-state index contributed by atoms with van der Waals surface area (Å²) in [6, 6.07) is 0.964. The highest BCUT2D eigenvalue weighted by molar-refractivity contribution is 5.81. The Bertz CT molecular complexity index is 335. The Morgan fingerprint density at radius 3 is 2.57 bits per heavy atom. The fourth-order valence-electron chi connectivity index (χ4n) is 3.44. The largest absolute Gasteiger partial charge is 0.468 e. The standard InChI is InChI=1S/C16H32N2O3/c1-12(2)17-16(15(19)21-6)9-7-8-14(10-16)18(4)13(3)11-20-5/h12-14,17H,7-11H2,1-6H3. The number of hydrogen-bond donors (Lipinski definition) is 1. The minimum Gasteiger partial charge on any atom is -0.468 e. The van der Waals surface area contributed by atoms with Gasteiger partial charge in [-0.3, -0.25) is 15.0 Å². The molecule has 5 heteroatoms. The van der Waals surface area contributed by atoms with Crippen molar-refractivity contribution >= 4 is 5.97 Å². The van der Waals surface area contributed by atoms with E-state index in [9.17, 15) is 4.79 Å². The average Bonchev–Trinajstić information content (AvgIpc) is 2.45. The van der Waals surface area contributed by atoms with Gasteiger partial charge in [0.25, 0.3) is 0 Å². The first-order valence-corrected chi connectivity index (χ1v) is 7.93. The minimum absolute atomic E-state index is 0.131. The Labute approximate surface area is 129 Å². The van der Waals surface area contributed by atoms with Crippen molar-refractivity contribution in [3.8, 4) is 0 Å². The van der Waals surface area contributed by atoms with E-state index in [1.807, 2.05) is 0 Å². The van der Waals surface area contributed by atoms with Gasteiger partial charge in [0.1, 0.15) is 5.54 Å². The number of rotatable bonds is 7. The van der Waals surface area contributed by atoms with E-state index in [4.69, 9.17) is 9.47 Å². The molecule has 5 nitrogen and oxygen atoms in total. The van der Waals surface area contributed by atoms with Gasteiger partial charge in [0.2, 0.25) is 0 Å². The smallest absolute Gasteiger partial charge is 0.326 e. The number of nitrogens with one attached hydrogen (secondary N) is 1. The van der Waals surface area contributed by atoms with Crippen molar-refractivity contribution in [2.45, 2.75) is 70.1 Å². The second-order valence-electron chi connectivity index (χ2n) is 6.59. The van der Waals surface area contributed by atoms with E-state index in [2.05, 4.69) is 38.0 Å². The van der Waals surface area contributed by atoms with Gasteiger partial charge in [0.05, 0.1) is 13.7 Å². The average molecular weight is 300 g/mol. The molecule has 0 bridgehead atoms. The normalized spacial score (nSPS) is 27.9. The van der Waals surface area contributed by atoms with Crippen LogP contribution in [0.2, 0.25) is 0 Å². The molecule has 124 valence electrons. The quantitative estimate of drug-likeness (QED) is 0.727. The van der Waals surface area contributed by atoms with E-state index in [-0.39, 0.29) is 12.0 Å². The Morgan fingerprint density at radius 1 is 1.38 bits per heavy atom. The zero-order valence-electron chi connectivity index (χ0n) is 14.4. The molecule has 0 aromatic heterocycles. The number of nitrogens with zero attached hydrogens (tertiary/aromatic N) is 1. The third kappa shape index (κ3) is 4.66. The molecule has 0 spiro atoms. The molecule has 0 aromatic rings. The lowest BCUT2D eigenvalue weighted by Crippen LogP contribution is -2.60. The van der Waals surface area contributed by atoms with Crippen molar-refractivity contribution < 1.29 is 14.3 Å². The number of carbonyl (C=O) groups excluding carboxylic acids is 1. The Balaban J connectivity index is 2.85. The van der Waals surface area contributed by atoms with Gasteiger partial charge in [-0.25, -0.2) is 0 Å². The van der Waals surface area contributed by atoms with Crippen molar-refractivity contribution in [1.82, 2.24) is 10.2 Å². The van der Waals surface area contributed by atoms with E-state index < -0.39 is 5.54 Å². The predicted octanol–water partition coefficient (Wildman–Crippen LogP) is 1.81. The lowest BCUT2D eigenvalue weighted by molar-refractivity contribution is -0.151. The van der Waals surface area contributed by atoms with Crippen LogP contribution in [0.25, 0.3) is 0 Å². The maximum absolute atomic E-state index is 12.4. The second-order valence-corrected chi connectivity index (χ2v) is 6.59. The van der Waals surface area contributed by atoms with Crippen molar-refractivity contribution in [3.05, 3.63) is 0 Å². The number of likely N-dealkylation sites (N-methyl/N-ethyl adjacent to an activating group) is 1. The van der Waals surface area contributed by atoms with Crippen LogP contribution < -0.4 is 5.32 Å². The summed E-state index contributed by atoms with van der Waals surface area (Å²) in [5.41, 5.74) is -0.549. The summed E-state index contributed by atoms with van der Waals surface area (Å²) < 4.78 is 10.3. The van der Waals surface area contributed by atoms with Crippen molar-refractivity contribution in [2.24, 2.45) is 0 Å². The molecule has 0 aliphatic heterocycles.